The van der Waals surface area contributed by atoms with E-state index >= 15 is 0 Å². The van der Waals surface area contributed by atoms with Crippen molar-refractivity contribution >= 4 is 23.4 Å². The number of aromatic nitrogens is 3. The molecule has 124 valence electrons. The van der Waals surface area contributed by atoms with Gasteiger partial charge >= 0.3 is 5.69 Å². The summed E-state index contributed by atoms with van der Waals surface area (Å²) in [6.45, 7) is 6.47. The van der Waals surface area contributed by atoms with Crippen LogP contribution in [0.3, 0.4) is 0 Å². The zero-order chi connectivity index (χ0) is 16.8. The van der Waals surface area contributed by atoms with E-state index in [1.54, 1.807) is 11.5 Å². The molecule has 1 aromatic heterocycles. The van der Waals surface area contributed by atoms with Crippen LogP contribution in [-0.4, -0.2) is 25.9 Å². The van der Waals surface area contributed by atoms with Gasteiger partial charge in [0.15, 0.2) is 5.16 Å². The van der Waals surface area contributed by atoms with Gasteiger partial charge in [0.25, 0.3) is 0 Å². The fraction of sp³-hybridized carbons (Fsp3) is 0.438. The van der Waals surface area contributed by atoms with Gasteiger partial charge < -0.3 is 5.32 Å². The minimum Gasteiger partial charge on any atom is -0.325 e. The molecule has 23 heavy (non-hydrogen) atoms. The molecule has 0 aliphatic heterocycles. The lowest BCUT2D eigenvalue weighted by Gasteiger charge is -2.12. The fourth-order valence-corrected chi connectivity index (χ4v) is 2.98. The van der Waals surface area contributed by atoms with Gasteiger partial charge in [-0.15, -0.1) is 5.10 Å². The topological polar surface area (TPSA) is 79.8 Å². The second kappa shape index (κ2) is 8.01. The van der Waals surface area contributed by atoms with Crippen molar-refractivity contribution in [1.29, 1.82) is 0 Å². The molecule has 1 heterocycles. The molecule has 0 radical (unpaired) electrons. The van der Waals surface area contributed by atoms with Crippen LogP contribution in [0.5, 0.6) is 0 Å². The average Bonchev–Trinajstić information content (AvgIpc) is 2.89. The predicted molar refractivity (Wildman–Crippen MR) is 92.9 cm³/mol. The van der Waals surface area contributed by atoms with Crippen LogP contribution < -0.4 is 11.0 Å². The first-order valence-corrected chi connectivity index (χ1v) is 8.64. The third-order valence-electron chi connectivity index (χ3n) is 3.45. The number of carbonyl (C=O) groups is 1. The third kappa shape index (κ3) is 4.48. The molecule has 6 nitrogen and oxygen atoms in total. The Morgan fingerprint density at radius 3 is 2.65 bits per heavy atom. The second-order valence-corrected chi connectivity index (χ2v) is 6.57. The Morgan fingerprint density at radius 1 is 1.35 bits per heavy atom. The molecule has 0 aliphatic rings. The number of nitrogens with zero attached hydrogens (tertiary/aromatic N) is 2. The van der Waals surface area contributed by atoms with Crippen molar-refractivity contribution in [2.24, 2.45) is 0 Å². The van der Waals surface area contributed by atoms with E-state index in [0.717, 1.165) is 18.5 Å². The number of H-pyrrole nitrogens is 1. The number of aromatic amines is 1. The van der Waals surface area contributed by atoms with Crippen LogP contribution in [-0.2, 0) is 17.8 Å². The lowest BCUT2D eigenvalue weighted by molar-refractivity contribution is -0.115. The summed E-state index contributed by atoms with van der Waals surface area (Å²) in [7, 11) is 0. The summed E-state index contributed by atoms with van der Waals surface area (Å²) in [5.41, 5.74) is 1.76. The van der Waals surface area contributed by atoms with Gasteiger partial charge in [0, 0.05) is 12.2 Å². The molecular weight excluding hydrogens is 312 g/mol. The summed E-state index contributed by atoms with van der Waals surface area (Å²) >= 11 is 1.27. The highest BCUT2D eigenvalue weighted by molar-refractivity contribution is 8.00. The molecule has 1 atom stereocenters. The smallest absolute Gasteiger partial charge is 0.325 e. The van der Waals surface area contributed by atoms with Crippen molar-refractivity contribution in [2.45, 2.75) is 50.6 Å². The highest BCUT2D eigenvalue weighted by Gasteiger charge is 2.18. The van der Waals surface area contributed by atoms with Crippen LogP contribution in [0.2, 0.25) is 0 Å². The standard InChI is InChI=1S/C16H22N4O2S/c1-4-10-20-15(22)18-19-16(20)23-11(3)14(21)17-13-8-6-12(5-2)7-9-13/h6-9,11H,4-5,10H2,1-3H3,(H,17,21)(H,18,22)/t11-/m1/s1. The first-order chi connectivity index (χ1) is 11.0. The van der Waals surface area contributed by atoms with Gasteiger partial charge in [0.05, 0.1) is 5.25 Å². The Balaban J connectivity index is 2.00. The maximum absolute atomic E-state index is 12.3. The number of benzene rings is 1. The Hall–Kier alpha value is -2.02. The number of aryl methyl sites for hydroxylation is 1. The molecule has 1 aromatic carbocycles. The molecule has 2 rings (SSSR count). The van der Waals surface area contributed by atoms with Crippen LogP contribution in [0.15, 0.2) is 34.2 Å². The van der Waals surface area contributed by atoms with E-state index in [1.807, 2.05) is 31.2 Å². The molecular formula is C16H22N4O2S. The quantitative estimate of drug-likeness (QED) is 0.763. The van der Waals surface area contributed by atoms with Crippen LogP contribution >= 0.6 is 11.8 Å². The molecule has 0 saturated carbocycles. The van der Waals surface area contributed by atoms with Gasteiger partial charge in [0.2, 0.25) is 5.91 Å². The van der Waals surface area contributed by atoms with Gasteiger partial charge in [-0.05, 0) is 37.5 Å². The number of nitrogens with one attached hydrogen (secondary N) is 2. The van der Waals surface area contributed by atoms with Gasteiger partial charge in [-0.2, -0.15) is 0 Å². The van der Waals surface area contributed by atoms with E-state index < -0.39 is 0 Å². The molecule has 2 aromatic rings. The Bertz CT molecular complexity index is 706. The molecule has 1 amide bonds. The first kappa shape index (κ1) is 17.3. The number of anilines is 1. The number of amides is 1. The van der Waals surface area contributed by atoms with Crippen LogP contribution in [0.4, 0.5) is 5.69 Å². The molecule has 0 spiro atoms. The molecule has 0 bridgehead atoms. The van der Waals surface area contributed by atoms with E-state index in [2.05, 4.69) is 22.4 Å². The Labute approximate surface area is 139 Å². The summed E-state index contributed by atoms with van der Waals surface area (Å²) in [6, 6.07) is 7.80. The van der Waals surface area contributed by atoms with Crippen molar-refractivity contribution < 1.29 is 4.79 Å². The maximum atomic E-state index is 12.3. The van der Waals surface area contributed by atoms with E-state index in [-0.39, 0.29) is 16.8 Å². The summed E-state index contributed by atoms with van der Waals surface area (Å²) in [4.78, 5) is 24.0. The van der Waals surface area contributed by atoms with E-state index in [9.17, 15) is 9.59 Å². The van der Waals surface area contributed by atoms with Gasteiger partial charge in [-0.3, -0.25) is 9.36 Å². The number of thioether (sulfide) groups is 1. The second-order valence-electron chi connectivity index (χ2n) is 5.26. The van der Waals surface area contributed by atoms with Crippen LogP contribution in [0.25, 0.3) is 0 Å². The third-order valence-corrected chi connectivity index (χ3v) is 4.54. The normalized spacial score (nSPS) is 12.1. The monoisotopic (exact) mass is 334 g/mol. The summed E-state index contributed by atoms with van der Waals surface area (Å²) in [6.07, 6.45) is 1.80. The molecule has 0 unspecified atom stereocenters. The summed E-state index contributed by atoms with van der Waals surface area (Å²) < 4.78 is 1.56. The number of hydrogen-bond acceptors (Lipinski definition) is 4. The summed E-state index contributed by atoms with van der Waals surface area (Å²) in [5.74, 6) is -0.113. The Morgan fingerprint density at radius 2 is 2.04 bits per heavy atom. The van der Waals surface area contributed by atoms with Gasteiger partial charge in [0.1, 0.15) is 0 Å². The van der Waals surface area contributed by atoms with Crippen molar-refractivity contribution in [3.63, 3.8) is 0 Å². The van der Waals surface area contributed by atoms with Crippen molar-refractivity contribution in [1.82, 2.24) is 14.8 Å². The number of hydrogen-bond donors (Lipinski definition) is 2. The zero-order valence-electron chi connectivity index (χ0n) is 13.6. The minimum absolute atomic E-state index is 0.113. The minimum atomic E-state index is -0.355. The Kier molecular flexibility index (Phi) is 6.04. The number of rotatable bonds is 7. The lowest BCUT2D eigenvalue weighted by atomic mass is 10.1. The van der Waals surface area contributed by atoms with Crippen molar-refractivity contribution in [3.05, 3.63) is 40.3 Å². The zero-order valence-corrected chi connectivity index (χ0v) is 14.4. The maximum Gasteiger partial charge on any atom is 0.343 e. The highest BCUT2D eigenvalue weighted by Crippen LogP contribution is 2.21. The molecule has 0 aliphatic carbocycles. The molecule has 0 fully saturated rings. The fourth-order valence-electron chi connectivity index (χ4n) is 2.09. The predicted octanol–water partition coefficient (Wildman–Crippen LogP) is 2.66. The van der Waals surface area contributed by atoms with Crippen LogP contribution in [0.1, 0.15) is 32.8 Å². The summed E-state index contributed by atoms with van der Waals surface area (Å²) in [5, 5.41) is 9.50. The van der Waals surface area contributed by atoms with Gasteiger partial charge in [-0.25, -0.2) is 9.89 Å². The highest BCUT2D eigenvalue weighted by atomic mass is 32.2. The van der Waals surface area contributed by atoms with E-state index in [4.69, 9.17) is 0 Å². The lowest BCUT2D eigenvalue weighted by Crippen LogP contribution is -2.24. The first-order valence-electron chi connectivity index (χ1n) is 7.76. The average molecular weight is 334 g/mol. The van der Waals surface area contributed by atoms with Gasteiger partial charge in [-0.1, -0.05) is 37.7 Å². The van der Waals surface area contributed by atoms with Crippen molar-refractivity contribution in [2.75, 3.05) is 5.32 Å². The van der Waals surface area contributed by atoms with Crippen molar-refractivity contribution in [3.8, 4) is 0 Å². The SMILES string of the molecule is CCCn1c(S[C@H](C)C(=O)Nc2ccc(CC)cc2)n[nH]c1=O. The molecule has 2 N–H and O–H groups in total. The largest absolute Gasteiger partial charge is 0.343 e. The van der Waals surface area contributed by atoms with E-state index in [1.165, 1.54) is 17.3 Å². The van der Waals surface area contributed by atoms with Crippen LogP contribution in [0, 0.1) is 0 Å². The number of carbonyl (C=O) groups excluding carboxylic acids is 1. The van der Waals surface area contributed by atoms with E-state index in [0.29, 0.717) is 11.7 Å². The molecule has 7 heteroatoms. The molecule has 0 saturated heterocycles.